The first-order chi connectivity index (χ1) is 16.1. The molecule has 1 aromatic carbocycles. The molecule has 3 heterocycles. The maximum atomic E-state index is 12.6. The standard InChI is InChI=1S/C25H33N5O3/c1-33-24(32)21-7-5-19(6-8-21)16-26-14-11-22-9-10-23(31)30(22)18-20-4-2-15-29(17-20)25-27-12-3-13-28-25/h3,5-8,12-13,20,22,26H,2,4,9-11,14-18H2,1H3/t20-,22-/m0/s1. The van der Waals surface area contributed by atoms with Crippen LogP contribution in [-0.2, 0) is 16.1 Å². The number of esters is 1. The molecule has 2 fully saturated rings. The van der Waals surface area contributed by atoms with E-state index < -0.39 is 0 Å². The predicted molar refractivity (Wildman–Crippen MR) is 126 cm³/mol. The molecule has 2 atom stereocenters. The Morgan fingerprint density at radius 2 is 1.97 bits per heavy atom. The first-order valence-corrected chi connectivity index (χ1v) is 11.8. The van der Waals surface area contributed by atoms with E-state index in [2.05, 4.69) is 25.1 Å². The second kappa shape index (κ2) is 11.2. The fourth-order valence-electron chi connectivity index (χ4n) is 4.85. The summed E-state index contributed by atoms with van der Waals surface area (Å²) in [7, 11) is 1.39. The van der Waals surface area contributed by atoms with Crippen LogP contribution in [0.15, 0.2) is 42.7 Å². The highest BCUT2D eigenvalue weighted by Crippen LogP contribution is 2.26. The van der Waals surface area contributed by atoms with Crippen LogP contribution in [0.2, 0.25) is 0 Å². The monoisotopic (exact) mass is 451 g/mol. The summed E-state index contributed by atoms with van der Waals surface area (Å²) in [5.74, 6) is 1.20. The van der Waals surface area contributed by atoms with Crippen LogP contribution in [0.25, 0.3) is 0 Å². The minimum atomic E-state index is -0.321. The summed E-state index contributed by atoms with van der Waals surface area (Å²) >= 11 is 0. The average molecular weight is 452 g/mol. The van der Waals surface area contributed by atoms with E-state index in [0.29, 0.717) is 23.9 Å². The minimum Gasteiger partial charge on any atom is -0.465 e. The number of piperidine rings is 1. The van der Waals surface area contributed by atoms with Gasteiger partial charge in [0, 0.05) is 51.0 Å². The van der Waals surface area contributed by atoms with Gasteiger partial charge in [-0.2, -0.15) is 0 Å². The zero-order valence-corrected chi connectivity index (χ0v) is 19.3. The van der Waals surface area contributed by atoms with Crippen LogP contribution in [0, 0.1) is 5.92 Å². The van der Waals surface area contributed by atoms with Gasteiger partial charge in [-0.25, -0.2) is 14.8 Å². The van der Waals surface area contributed by atoms with Crippen molar-refractivity contribution in [3.63, 3.8) is 0 Å². The quantitative estimate of drug-likeness (QED) is 0.463. The number of hydrogen-bond acceptors (Lipinski definition) is 7. The Labute approximate surface area is 195 Å². The van der Waals surface area contributed by atoms with Crippen molar-refractivity contribution in [1.29, 1.82) is 0 Å². The molecule has 2 aromatic rings. The smallest absolute Gasteiger partial charge is 0.337 e. The topological polar surface area (TPSA) is 87.7 Å². The molecule has 1 amide bonds. The second-order valence-electron chi connectivity index (χ2n) is 8.90. The third-order valence-corrected chi connectivity index (χ3v) is 6.62. The highest BCUT2D eigenvalue weighted by Gasteiger charge is 2.33. The number of carbonyl (C=O) groups excluding carboxylic acids is 2. The molecule has 4 rings (SSSR count). The molecule has 0 radical (unpaired) electrons. The third-order valence-electron chi connectivity index (χ3n) is 6.62. The number of ether oxygens (including phenoxy) is 1. The van der Waals surface area contributed by atoms with Crippen LogP contribution < -0.4 is 10.2 Å². The lowest BCUT2D eigenvalue weighted by Gasteiger charge is -2.36. The molecule has 8 nitrogen and oxygen atoms in total. The molecule has 0 bridgehead atoms. The van der Waals surface area contributed by atoms with Gasteiger partial charge in [0.1, 0.15) is 0 Å². The van der Waals surface area contributed by atoms with E-state index >= 15 is 0 Å². The zero-order valence-electron chi connectivity index (χ0n) is 19.3. The maximum absolute atomic E-state index is 12.6. The van der Waals surface area contributed by atoms with Crippen LogP contribution in [0.1, 0.15) is 48.0 Å². The summed E-state index contributed by atoms with van der Waals surface area (Å²) in [6.07, 6.45) is 8.35. The van der Waals surface area contributed by atoms with E-state index in [9.17, 15) is 9.59 Å². The van der Waals surface area contributed by atoms with Gasteiger partial charge in [0.15, 0.2) is 0 Å². The fraction of sp³-hybridized carbons (Fsp3) is 0.520. The summed E-state index contributed by atoms with van der Waals surface area (Å²) in [5.41, 5.74) is 1.67. The van der Waals surface area contributed by atoms with Crippen molar-refractivity contribution >= 4 is 17.8 Å². The predicted octanol–water partition coefficient (Wildman–Crippen LogP) is 2.65. The van der Waals surface area contributed by atoms with Crippen molar-refractivity contribution in [2.75, 3.05) is 38.2 Å². The number of nitrogens with zero attached hydrogens (tertiary/aromatic N) is 4. The Morgan fingerprint density at radius 3 is 2.73 bits per heavy atom. The largest absolute Gasteiger partial charge is 0.465 e. The van der Waals surface area contributed by atoms with E-state index in [1.807, 2.05) is 18.2 Å². The second-order valence-corrected chi connectivity index (χ2v) is 8.90. The van der Waals surface area contributed by atoms with Crippen LogP contribution in [0.5, 0.6) is 0 Å². The van der Waals surface area contributed by atoms with Crippen LogP contribution in [0.3, 0.4) is 0 Å². The van der Waals surface area contributed by atoms with Crippen molar-refractivity contribution in [2.24, 2.45) is 5.92 Å². The lowest BCUT2D eigenvalue weighted by atomic mass is 9.97. The van der Waals surface area contributed by atoms with Crippen LogP contribution in [0.4, 0.5) is 5.95 Å². The van der Waals surface area contributed by atoms with Gasteiger partial charge in [0.25, 0.3) is 0 Å². The molecule has 2 saturated heterocycles. The van der Waals surface area contributed by atoms with Gasteiger partial charge in [-0.1, -0.05) is 12.1 Å². The number of anilines is 1. The molecule has 0 unspecified atom stereocenters. The number of aromatic nitrogens is 2. The number of benzene rings is 1. The number of methoxy groups -OCH3 is 1. The number of rotatable bonds is 9. The van der Waals surface area contributed by atoms with Gasteiger partial charge in [-0.05, 0) is 61.9 Å². The average Bonchev–Trinajstić information content (AvgIpc) is 3.21. The molecule has 0 saturated carbocycles. The van der Waals surface area contributed by atoms with E-state index in [1.165, 1.54) is 7.11 Å². The summed E-state index contributed by atoms with van der Waals surface area (Å²) in [4.78, 5) is 37.3. The molecule has 1 aromatic heterocycles. The molecule has 0 spiro atoms. The van der Waals surface area contributed by atoms with E-state index in [-0.39, 0.29) is 11.9 Å². The highest BCUT2D eigenvalue weighted by molar-refractivity contribution is 5.89. The molecule has 1 N–H and O–H groups in total. The third kappa shape index (κ3) is 6.07. The minimum absolute atomic E-state index is 0.284. The summed E-state index contributed by atoms with van der Waals surface area (Å²) in [6.45, 7) is 4.28. The lowest BCUT2D eigenvalue weighted by molar-refractivity contribution is -0.129. The Balaban J connectivity index is 1.24. The number of amides is 1. The Kier molecular flexibility index (Phi) is 7.88. The Bertz CT molecular complexity index is 921. The molecule has 33 heavy (non-hydrogen) atoms. The Morgan fingerprint density at radius 1 is 1.18 bits per heavy atom. The van der Waals surface area contributed by atoms with Crippen LogP contribution >= 0.6 is 0 Å². The fourth-order valence-corrected chi connectivity index (χ4v) is 4.85. The van der Waals surface area contributed by atoms with Crippen molar-refractivity contribution < 1.29 is 14.3 Å². The first-order valence-electron chi connectivity index (χ1n) is 11.8. The normalized spacial score (nSPS) is 20.8. The zero-order chi connectivity index (χ0) is 23.0. The van der Waals surface area contributed by atoms with Gasteiger partial charge < -0.3 is 19.9 Å². The lowest BCUT2D eigenvalue weighted by Crippen LogP contribution is -2.44. The summed E-state index contributed by atoms with van der Waals surface area (Å²) < 4.78 is 4.74. The molecule has 0 aliphatic carbocycles. The molecule has 176 valence electrons. The Hall–Kier alpha value is -3.00. The first kappa shape index (κ1) is 23.2. The SMILES string of the molecule is COC(=O)c1ccc(CNCC[C@@H]2CCC(=O)N2C[C@H]2CCCN(c3ncccn3)C2)cc1. The number of nitrogens with one attached hydrogen (secondary N) is 1. The van der Waals surface area contributed by atoms with Gasteiger partial charge >= 0.3 is 5.97 Å². The highest BCUT2D eigenvalue weighted by atomic mass is 16.5. The molecule has 2 aliphatic heterocycles. The van der Waals surface area contributed by atoms with Crippen molar-refractivity contribution in [2.45, 2.75) is 44.7 Å². The molecular weight excluding hydrogens is 418 g/mol. The number of likely N-dealkylation sites (tertiary alicyclic amines) is 1. The van der Waals surface area contributed by atoms with Crippen molar-refractivity contribution in [3.8, 4) is 0 Å². The van der Waals surface area contributed by atoms with Crippen molar-refractivity contribution in [3.05, 3.63) is 53.9 Å². The van der Waals surface area contributed by atoms with Gasteiger partial charge in [-0.15, -0.1) is 0 Å². The summed E-state index contributed by atoms with van der Waals surface area (Å²) in [6, 6.07) is 9.59. The number of carbonyl (C=O) groups is 2. The van der Waals surface area contributed by atoms with Gasteiger partial charge in [-0.3, -0.25) is 4.79 Å². The van der Waals surface area contributed by atoms with E-state index in [0.717, 1.165) is 69.9 Å². The summed E-state index contributed by atoms with van der Waals surface area (Å²) in [5, 5.41) is 3.48. The van der Waals surface area contributed by atoms with Gasteiger partial charge in [0.2, 0.25) is 11.9 Å². The maximum Gasteiger partial charge on any atom is 0.337 e. The molecular formula is C25H33N5O3. The van der Waals surface area contributed by atoms with Crippen molar-refractivity contribution in [1.82, 2.24) is 20.2 Å². The van der Waals surface area contributed by atoms with E-state index in [4.69, 9.17) is 4.74 Å². The molecule has 2 aliphatic rings. The van der Waals surface area contributed by atoms with E-state index in [1.54, 1.807) is 24.5 Å². The molecule has 8 heteroatoms. The number of hydrogen-bond donors (Lipinski definition) is 1. The van der Waals surface area contributed by atoms with Gasteiger partial charge in [0.05, 0.1) is 12.7 Å². The van der Waals surface area contributed by atoms with Crippen LogP contribution in [-0.4, -0.2) is 66.1 Å².